The predicted octanol–water partition coefficient (Wildman–Crippen LogP) is 3.96. The summed E-state index contributed by atoms with van der Waals surface area (Å²) in [5, 5.41) is 3.29. The minimum absolute atomic E-state index is 0.168. The summed E-state index contributed by atoms with van der Waals surface area (Å²) in [6.45, 7) is 5.62. The Hall–Kier alpha value is -2.01. The van der Waals surface area contributed by atoms with Gasteiger partial charge in [-0.2, -0.15) is 0 Å². The Morgan fingerprint density at radius 3 is 2.71 bits per heavy atom. The summed E-state index contributed by atoms with van der Waals surface area (Å²) in [5.74, 6) is -1.09. The number of hydrogen-bond donors (Lipinski definition) is 1. The Labute approximate surface area is 123 Å². The van der Waals surface area contributed by atoms with E-state index in [9.17, 15) is 8.78 Å². The highest BCUT2D eigenvalue weighted by Gasteiger charge is 2.08. The van der Waals surface area contributed by atoms with Gasteiger partial charge in [0.15, 0.2) is 11.6 Å². The molecule has 5 heteroatoms. The monoisotopic (exact) mass is 292 g/mol. The van der Waals surface area contributed by atoms with Crippen molar-refractivity contribution in [3.63, 3.8) is 0 Å². The second-order valence-corrected chi connectivity index (χ2v) is 4.75. The summed E-state index contributed by atoms with van der Waals surface area (Å²) in [6, 6.07) is 6.60. The van der Waals surface area contributed by atoms with Crippen molar-refractivity contribution in [2.24, 2.45) is 0 Å². The van der Waals surface area contributed by atoms with E-state index < -0.39 is 11.6 Å². The van der Waals surface area contributed by atoms with Gasteiger partial charge in [-0.3, -0.25) is 0 Å². The number of halogens is 2. The van der Waals surface area contributed by atoms with Gasteiger partial charge in [-0.15, -0.1) is 0 Å². The van der Waals surface area contributed by atoms with E-state index in [0.717, 1.165) is 49.0 Å². The van der Waals surface area contributed by atoms with Crippen LogP contribution >= 0.6 is 0 Å². The van der Waals surface area contributed by atoms with Crippen LogP contribution in [0.3, 0.4) is 0 Å². The minimum atomic E-state index is -0.621. The van der Waals surface area contributed by atoms with Crippen LogP contribution in [-0.2, 0) is 6.54 Å². The Kier molecular flexibility index (Phi) is 5.22. The second-order valence-electron chi connectivity index (χ2n) is 4.75. The van der Waals surface area contributed by atoms with Gasteiger partial charge in [-0.1, -0.05) is 13.0 Å². The average Bonchev–Trinajstić information content (AvgIpc) is 2.45. The van der Waals surface area contributed by atoms with Crippen LogP contribution in [-0.4, -0.2) is 11.5 Å². The van der Waals surface area contributed by atoms with Crippen molar-refractivity contribution in [1.82, 2.24) is 10.3 Å². The third-order valence-electron chi connectivity index (χ3n) is 3.02. The van der Waals surface area contributed by atoms with Gasteiger partial charge in [0.05, 0.1) is 0 Å². The van der Waals surface area contributed by atoms with E-state index in [1.54, 1.807) is 6.07 Å². The number of aryl methyl sites for hydroxylation is 1. The molecule has 0 aliphatic rings. The lowest BCUT2D eigenvalue weighted by Crippen LogP contribution is -2.15. The van der Waals surface area contributed by atoms with E-state index in [-0.39, 0.29) is 11.6 Å². The Morgan fingerprint density at radius 2 is 2.00 bits per heavy atom. The lowest BCUT2D eigenvalue weighted by atomic mass is 10.2. The van der Waals surface area contributed by atoms with Crippen LogP contribution in [0.2, 0.25) is 0 Å². The van der Waals surface area contributed by atoms with Crippen LogP contribution in [0.25, 0.3) is 0 Å². The van der Waals surface area contributed by atoms with Crippen LogP contribution in [0.4, 0.5) is 8.78 Å². The predicted molar refractivity (Wildman–Crippen MR) is 77.4 cm³/mol. The maximum atomic E-state index is 13.5. The molecule has 0 saturated heterocycles. The number of hydrogen-bond acceptors (Lipinski definition) is 3. The van der Waals surface area contributed by atoms with E-state index in [0.29, 0.717) is 0 Å². The quantitative estimate of drug-likeness (QED) is 0.818. The molecule has 21 heavy (non-hydrogen) atoms. The molecule has 0 unspecified atom stereocenters. The summed E-state index contributed by atoms with van der Waals surface area (Å²) in [4.78, 5) is 4.27. The number of benzene rings is 1. The molecule has 0 amide bonds. The third-order valence-corrected chi connectivity index (χ3v) is 3.02. The average molecular weight is 292 g/mol. The molecule has 0 bridgehead atoms. The summed E-state index contributed by atoms with van der Waals surface area (Å²) < 4.78 is 31.9. The molecule has 1 aromatic carbocycles. The standard InChI is InChI=1S/C16H18F2N2O/c1-3-8-19-10-12-4-7-16(20-11(12)2)21-15-9-13(17)5-6-14(15)18/h4-7,9,19H,3,8,10H2,1-2H3. The van der Waals surface area contributed by atoms with Gasteiger partial charge in [0.1, 0.15) is 5.82 Å². The number of nitrogens with one attached hydrogen (secondary N) is 1. The molecular formula is C16H18F2N2O. The maximum absolute atomic E-state index is 13.5. The van der Waals surface area contributed by atoms with Gasteiger partial charge in [-0.25, -0.2) is 13.8 Å². The summed E-state index contributed by atoms with van der Waals surface area (Å²) in [7, 11) is 0. The molecule has 1 aromatic heterocycles. The van der Waals surface area contributed by atoms with Gasteiger partial charge < -0.3 is 10.1 Å². The highest BCUT2D eigenvalue weighted by molar-refractivity contribution is 5.31. The molecule has 0 atom stereocenters. The molecule has 1 N–H and O–H groups in total. The fourth-order valence-corrected chi connectivity index (χ4v) is 1.88. The number of nitrogens with zero attached hydrogens (tertiary/aromatic N) is 1. The highest BCUT2D eigenvalue weighted by Crippen LogP contribution is 2.24. The van der Waals surface area contributed by atoms with Gasteiger partial charge in [0.2, 0.25) is 5.88 Å². The van der Waals surface area contributed by atoms with E-state index >= 15 is 0 Å². The van der Waals surface area contributed by atoms with Crippen molar-refractivity contribution in [3.05, 3.63) is 53.2 Å². The first-order valence-electron chi connectivity index (χ1n) is 6.90. The van der Waals surface area contributed by atoms with Crippen LogP contribution in [0, 0.1) is 18.6 Å². The molecule has 2 rings (SSSR count). The molecule has 0 radical (unpaired) electrons. The van der Waals surface area contributed by atoms with Crippen molar-refractivity contribution < 1.29 is 13.5 Å². The fraction of sp³-hybridized carbons (Fsp3) is 0.312. The van der Waals surface area contributed by atoms with Crippen molar-refractivity contribution in [3.8, 4) is 11.6 Å². The largest absolute Gasteiger partial charge is 0.436 e. The lowest BCUT2D eigenvalue weighted by molar-refractivity contribution is 0.421. The smallest absolute Gasteiger partial charge is 0.219 e. The zero-order chi connectivity index (χ0) is 15.2. The first-order valence-corrected chi connectivity index (χ1v) is 6.90. The topological polar surface area (TPSA) is 34.1 Å². The van der Waals surface area contributed by atoms with E-state index in [1.165, 1.54) is 0 Å². The van der Waals surface area contributed by atoms with Crippen molar-refractivity contribution in [2.75, 3.05) is 6.54 Å². The Bertz CT molecular complexity index is 617. The Balaban J connectivity index is 2.11. The summed E-state index contributed by atoms with van der Waals surface area (Å²) in [5.41, 5.74) is 1.85. The molecule has 0 fully saturated rings. The second kappa shape index (κ2) is 7.13. The summed E-state index contributed by atoms with van der Waals surface area (Å²) >= 11 is 0. The zero-order valence-corrected chi connectivity index (χ0v) is 12.1. The molecule has 0 spiro atoms. The van der Waals surface area contributed by atoms with Crippen molar-refractivity contribution in [1.29, 1.82) is 0 Å². The highest BCUT2D eigenvalue weighted by atomic mass is 19.1. The number of ether oxygens (including phenoxy) is 1. The SMILES string of the molecule is CCCNCc1ccc(Oc2cc(F)ccc2F)nc1C. The molecular weight excluding hydrogens is 274 g/mol. The van der Waals surface area contributed by atoms with Crippen LogP contribution in [0.15, 0.2) is 30.3 Å². The molecule has 0 saturated carbocycles. The first kappa shape index (κ1) is 15.4. The van der Waals surface area contributed by atoms with E-state index in [1.807, 2.05) is 13.0 Å². The van der Waals surface area contributed by atoms with Gasteiger partial charge >= 0.3 is 0 Å². The van der Waals surface area contributed by atoms with Crippen molar-refractivity contribution >= 4 is 0 Å². The van der Waals surface area contributed by atoms with Gasteiger partial charge in [-0.05, 0) is 37.6 Å². The fourth-order valence-electron chi connectivity index (χ4n) is 1.88. The van der Waals surface area contributed by atoms with Gasteiger partial charge in [0, 0.05) is 24.4 Å². The minimum Gasteiger partial charge on any atom is -0.436 e. The lowest BCUT2D eigenvalue weighted by Gasteiger charge is -2.10. The number of pyridine rings is 1. The van der Waals surface area contributed by atoms with Crippen molar-refractivity contribution in [2.45, 2.75) is 26.8 Å². The molecule has 112 valence electrons. The van der Waals surface area contributed by atoms with Crippen LogP contribution in [0.1, 0.15) is 24.6 Å². The van der Waals surface area contributed by atoms with E-state index in [4.69, 9.17) is 4.74 Å². The molecule has 2 aromatic rings. The molecule has 1 heterocycles. The van der Waals surface area contributed by atoms with Crippen LogP contribution in [0.5, 0.6) is 11.6 Å². The molecule has 0 aliphatic carbocycles. The zero-order valence-electron chi connectivity index (χ0n) is 12.1. The number of aromatic nitrogens is 1. The first-order chi connectivity index (χ1) is 10.1. The normalized spacial score (nSPS) is 10.7. The number of rotatable bonds is 6. The Morgan fingerprint density at radius 1 is 1.19 bits per heavy atom. The third kappa shape index (κ3) is 4.23. The van der Waals surface area contributed by atoms with Gasteiger partial charge in [0.25, 0.3) is 0 Å². The van der Waals surface area contributed by atoms with Crippen LogP contribution < -0.4 is 10.1 Å². The molecule has 0 aliphatic heterocycles. The van der Waals surface area contributed by atoms with E-state index in [2.05, 4.69) is 17.2 Å². The maximum Gasteiger partial charge on any atom is 0.219 e. The molecule has 3 nitrogen and oxygen atoms in total. The summed E-state index contributed by atoms with van der Waals surface area (Å²) in [6.07, 6.45) is 1.06.